The lowest BCUT2D eigenvalue weighted by Crippen LogP contribution is -2.66. The topological polar surface area (TPSA) is 210 Å². The van der Waals surface area contributed by atoms with Crippen LogP contribution in [0.25, 0.3) is 0 Å². The van der Waals surface area contributed by atoms with Crippen molar-refractivity contribution in [3.8, 4) is 5.75 Å². The van der Waals surface area contributed by atoms with Gasteiger partial charge in [0, 0.05) is 25.4 Å². The van der Waals surface area contributed by atoms with Crippen molar-refractivity contribution in [3.63, 3.8) is 0 Å². The Morgan fingerprint density at radius 2 is 1.39 bits per heavy atom. The number of likely N-dealkylation sites (N-methyl/N-ethyl adjacent to an activating group) is 1. The zero-order valence-electron chi connectivity index (χ0n) is 34.4. The van der Waals surface area contributed by atoms with Crippen LogP contribution in [0.15, 0.2) is 54.6 Å². The zero-order valence-corrected chi connectivity index (χ0v) is 34.4. The predicted molar refractivity (Wildman–Crippen MR) is 214 cm³/mol. The molecule has 0 saturated carbocycles. The maximum atomic E-state index is 14.4. The van der Waals surface area contributed by atoms with Crippen molar-refractivity contribution in [1.82, 2.24) is 36.4 Å². The van der Waals surface area contributed by atoms with Crippen LogP contribution in [0.3, 0.4) is 0 Å². The molecule has 2 aromatic rings. The molecule has 2 aromatic carbocycles. The summed E-state index contributed by atoms with van der Waals surface area (Å²) in [5.41, 5.74) is 0.684. The molecule has 8 atom stereocenters. The van der Waals surface area contributed by atoms with Gasteiger partial charge in [-0.1, -0.05) is 56.3 Å². The molecule has 0 spiro atoms. The molecule has 2 aliphatic rings. The second kappa shape index (κ2) is 19.4. The van der Waals surface area contributed by atoms with E-state index in [2.05, 4.69) is 26.6 Å². The molecular formula is C42H61N7O8. The van der Waals surface area contributed by atoms with Crippen LogP contribution in [0.4, 0.5) is 0 Å². The van der Waals surface area contributed by atoms with Crippen LogP contribution in [0, 0.1) is 5.92 Å². The van der Waals surface area contributed by atoms with Gasteiger partial charge in [-0.3, -0.25) is 33.7 Å². The maximum absolute atomic E-state index is 14.4. The van der Waals surface area contributed by atoms with E-state index in [0.29, 0.717) is 24.9 Å². The van der Waals surface area contributed by atoms with Gasteiger partial charge in [-0.05, 0) is 89.6 Å². The normalized spacial score (nSPS) is 26.7. The molecule has 2 saturated heterocycles. The van der Waals surface area contributed by atoms with Gasteiger partial charge in [-0.2, -0.15) is 0 Å². The molecule has 0 aromatic heterocycles. The summed E-state index contributed by atoms with van der Waals surface area (Å²) in [6.07, 6.45) is -0.253. The molecule has 7 N–H and O–H groups in total. The molecule has 0 unspecified atom stereocenters. The summed E-state index contributed by atoms with van der Waals surface area (Å²) in [5, 5.41) is 35.2. The minimum atomic E-state index is -1.44. The molecule has 4 rings (SSSR count). The monoisotopic (exact) mass is 791 g/mol. The van der Waals surface area contributed by atoms with Crippen molar-refractivity contribution >= 4 is 35.4 Å². The van der Waals surface area contributed by atoms with Gasteiger partial charge in [-0.15, -0.1) is 0 Å². The zero-order chi connectivity index (χ0) is 42.2. The minimum Gasteiger partial charge on any atom is -0.508 e. The van der Waals surface area contributed by atoms with E-state index in [1.165, 1.54) is 31.0 Å². The van der Waals surface area contributed by atoms with Crippen LogP contribution in [0.1, 0.15) is 78.9 Å². The van der Waals surface area contributed by atoms with Crippen LogP contribution in [-0.4, -0.2) is 123 Å². The molecular weight excluding hydrogens is 731 g/mol. The fourth-order valence-corrected chi connectivity index (χ4v) is 7.49. The number of hydrogen-bond donors (Lipinski definition) is 7. The predicted octanol–water partition coefficient (Wildman–Crippen LogP) is 1.15. The van der Waals surface area contributed by atoms with Crippen molar-refractivity contribution in [3.05, 3.63) is 65.7 Å². The van der Waals surface area contributed by atoms with E-state index in [1.54, 1.807) is 24.0 Å². The number of aliphatic hydroxyl groups excluding tert-OH is 1. The number of nitrogens with zero attached hydrogens (tertiary/aromatic N) is 2. The fourth-order valence-electron chi connectivity index (χ4n) is 7.49. The number of amides is 6. The first kappa shape index (κ1) is 44.7. The van der Waals surface area contributed by atoms with Crippen molar-refractivity contribution < 1.29 is 39.0 Å². The summed E-state index contributed by atoms with van der Waals surface area (Å²) >= 11 is 0. The summed E-state index contributed by atoms with van der Waals surface area (Å²) in [5.74, 6) is -3.71. The Hall–Kier alpha value is -5.02. The van der Waals surface area contributed by atoms with E-state index >= 15 is 0 Å². The molecule has 6 amide bonds. The number of hydrogen-bond acceptors (Lipinski definition) is 9. The third kappa shape index (κ3) is 12.2. The third-order valence-corrected chi connectivity index (χ3v) is 10.3. The van der Waals surface area contributed by atoms with Gasteiger partial charge in [0.15, 0.2) is 0 Å². The lowest BCUT2D eigenvalue weighted by atomic mass is 9.98. The SMILES string of the molecule is CC(C)C[C@@H]1C(=O)N[C@@H](Cc2ccc(O)cc2)C(=O)N[C@@H](Cc2ccccc2)C(=O)N[C@@H](C)[C@@H](C(=O)NC(C)(C)C)N2CCC[C@H]2C(=O)N[C@@H]([C@@H](C)O)C(=O)N1C. The summed E-state index contributed by atoms with van der Waals surface area (Å²) in [6, 6.07) is 7.44. The molecule has 15 heteroatoms. The van der Waals surface area contributed by atoms with E-state index in [4.69, 9.17) is 0 Å². The maximum Gasteiger partial charge on any atom is 0.248 e. The molecule has 57 heavy (non-hydrogen) atoms. The van der Waals surface area contributed by atoms with E-state index in [0.717, 1.165) is 5.56 Å². The van der Waals surface area contributed by atoms with E-state index in [9.17, 15) is 39.0 Å². The number of nitrogens with one attached hydrogen (secondary N) is 5. The third-order valence-electron chi connectivity index (χ3n) is 10.3. The highest BCUT2D eigenvalue weighted by atomic mass is 16.3. The Labute approximate surface area is 335 Å². The van der Waals surface area contributed by atoms with E-state index in [1.807, 2.05) is 65.0 Å². The first-order valence-corrected chi connectivity index (χ1v) is 19.8. The van der Waals surface area contributed by atoms with Gasteiger partial charge < -0.3 is 41.7 Å². The van der Waals surface area contributed by atoms with Crippen molar-refractivity contribution in [2.45, 2.75) is 135 Å². The second-order valence-electron chi connectivity index (χ2n) is 16.9. The van der Waals surface area contributed by atoms with Crippen molar-refractivity contribution in [2.24, 2.45) is 5.92 Å². The quantitative estimate of drug-likeness (QED) is 0.204. The van der Waals surface area contributed by atoms with E-state index in [-0.39, 0.29) is 30.9 Å². The first-order valence-electron chi connectivity index (χ1n) is 19.8. The van der Waals surface area contributed by atoms with Gasteiger partial charge in [0.25, 0.3) is 0 Å². The number of carbonyl (C=O) groups is 6. The van der Waals surface area contributed by atoms with Crippen LogP contribution in [0.2, 0.25) is 0 Å². The Morgan fingerprint density at radius 3 is 1.95 bits per heavy atom. The number of fused-ring (bicyclic) bond motifs is 1. The first-order chi connectivity index (χ1) is 26.7. The Bertz CT molecular complexity index is 1730. The van der Waals surface area contributed by atoms with Crippen LogP contribution in [-0.2, 0) is 41.6 Å². The number of benzene rings is 2. The van der Waals surface area contributed by atoms with Gasteiger partial charge >= 0.3 is 0 Å². The van der Waals surface area contributed by atoms with Crippen molar-refractivity contribution in [2.75, 3.05) is 13.6 Å². The molecule has 15 nitrogen and oxygen atoms in total. The molecule has 2 aliphatic heterocycles. The lowest BCUT2D eigenvalue weighted by Gasteiger charge is -2.38. The molecule has 0 radical (unpaired) electrons. The van der Waals surface area contributed by atoms with Gasteiger partial charge in [0.05, 0.1) is 18.2 Å². The average Bonchev–Trinajstić information content (AvgIpc) is 3.61. The standard InChI is InChI=1S/C42H61N7O8/c1-24(2)21-33-39(55)45-31(23-28-16-18-29(51)19-17-28)37(53)44-30(22-27-13-10-9-11-14-27)36(52)43-25(3)35(40(56)47-42(5,6)7)49-20-12-15-32(49)38(54)46-34(26(4)50)41(57)48(33)8/h9-11,13-14,16-19,24-26,30-35,50-51H,12,15,20-23H2,1-8H3,(H,43,52)(H,44,53)(H,45,55)(H,46,54)(H,47,56)/t25-,26+,30-,31-,32-,33+,34-,35-/m0/s1. The summed E-state index contributed by atoms with van der Waals surface area (Å²) in [4.78, 5) is 88.4. The number of carbonyl (C=O) groups excluding carboxylic acids is 6. The largest absolute Gasteiger partial charge is 0.508 e. The molecule has 0 aliphatic carbocycles. The van der Waals surface area contributed by atoms with Crippen LogP contribution >= 0.6 is 0 Å². The number of rotatable bonds is 8. The molecule has 2 heterocycles. The fraction of sp³-hybridized carbons (Fsp3) is 0.571. The van der Waals surface area contributed by atoms with Crippen molar-refractivity contribution in [1.29, 1.82) is 0 Å². The summed E-state index contributed by atoms with van der Waals surface area (Å²) < 4.78 is 0. The highest BCUT2D eigenvalue weighted by Gasteiger charge is 2.45. The molecule has 312 valence electrons. The second-order valence-corrected chi connectivity index (χ2v) is 16.9. The smallest absolute Gasteiger partial charge is 0.248 e. The average molecular weight is 792 g/mol. The summed E-state index contributed by atoms with van der Waals surface area (Å²) in [6.45, 7) is 12.6. The Balaban J connectivity index is 1.85. The number of phenolic OH excluding ortho intramolecular Hbond substituents is 1. The highest BCUT2D eigenvalue weighted by Crippen LogP contribution is 2.24. The van der Waals surface area contributed by atoms with Crippen LogP contribution < -0.4 is 26.6 Å². The molecule has 2 fully saturated rings. The molecule has 0 bridgehead atoms. The van der Waals surface area contributed by atoms with E-state index < -0.39 is 89.4 Å². The number of phenols is 1. The minimum absolute atomic E-state index is 0.0114. The van der Waals surface area contributed by atoms with Gasteiger partial charge in [0.1, 0.15) is 36.0 Å². The van der Waals surface area contributed by atoms with Crippen LogP contribution in [0.5, 0.6) is 5.75 Å². The highest BCUT2D eigenvalue weighted by molar-refractivity contribution is 5.97. The Morgan fingerprint density at radius 1 is 0.825 bits per heavy atom. The number of aliphatic hydroxyl groups is 1. The summed E-state index contributed by atoms with van der Waals surface area (Å²) in [7, 11) is 1.42. The Kier molecular flexibility index (Phi) is 15.2. The number of aromatic hydroxyl groups is 1. The lowest BCUT2D eigenvalue weighted by molar-refractivity contribution is -0.146. The van der Waals surface area contributed by atoms with Gasteiger partial charge in [-0.25, -0.2) is 0 Å². The van der Waals surface area contributed by atoms with Gasteiger partial charge in [0.2, 0.25) is 35.4 Å².